The quantitative estimate of drug-likeness (QED) is 0.581. The lowest BCUT2D eigenvalue weighted by atomic mass is 9.99. The molecule has 0 aliphatic rings. The fourth-order valence-corrected chi connectivity index (χ4v) is 2.98. The second kappa shape index (κ2) is 6.80. The molecular formula is C21H16FN3O. The Morgan fingerprint density at radius 3 is 2.42 bits per heavy atom. The molecule has 2 N–H and O–H groups in total. The number of aromatic nitrogens is 2. The highest BCUT2D eigenvalue weighted by molar-refractivity contribution is 5.78. The van der Waals surface area contributed by atoms with Crippen LogP contribution in [0.1, 0.15) is 17.2 Å². The summed E-state index contributed by atoms with van der Waals surface area (Å²) in [5, 5.41) is 3.77. The maximum Gasteiger partial charge on any atom is 0.260 e. The molecule has 0 amide bonds. The first-order valence-electron chi connectivity index (χ1n) is 8.27. The zero-order valence-electron chi connectivity index (χ0n) is 13.8. The van der Waals surface area contributed by atoms with Crippen molar-refractivity contribution in [3.05, 3.63) is 106 Å². The molecule has 0 spiro atoms. The number of aromatic amines is 1. The number of nitrogens with zero attached hydrogens (tertiary/aromatic N) is 1. The third-order valence-electron chi connectivity index (χ3n) is 4.21. The van der Waals surface area contributed by atoms with Crippen LogP contribution in [0.25, 0.3) is 10.9 Å². The number of H-pyrrole nitrogens is 1. The minimum atomic E-state index is -0.351. The molecule has 128 valence electrons. The maximum absolute atomic E-state index is 13.8. The van der Waals surface area contributed by atoms with Crippen LogP contribution in [0.3, 0.4) is 0 Å². The predicted octanol–water partition coefficient (Wildman–Crippen LogP) is 4.26. The Labute approximate surface area is 149 Å². The van der Waals surface area contributed by atoms with Gasteiger partial charge in [0.1, 0.15) is 5.82 Å². The first-order valence-corrected chi connectivity index (χ1v) is 8.27. The molecule has 3 aromatic carbocycles. The van der Waals surface area contributed by atoms with E-state index >= 15 is 0 Å². The van der Waals surface area contributed by atoms with E-state index in [1.54, 1.807) is 24.3 Å². The van der Waals surface area contributed by atoms with Gasteiger partial charge in [0.15, 0.2) is 0 Å². The van der Waals surface area contributed by atoms with Crippen LogP contribution in [-0.4, -0.2) is 9.97 Å². The van der Waals surface area contributed by atoms with Gasteiger partial charge in [-0.2, -0.15) is 0 Å². The van der Waals surface area contributed by atoms with Crippen molar-refractivity contribution >= 4 is 16.9 Å². The number of benzene rings is 3. The second-order valence-electron chi connectivity index (χ2n) is 5.97. The molecule has 0 bridgehead atoms. The van der Waals surface area contributed by atoms with E-state index in [0.29, 0.717) is 16.9 Å². The summed E-state index contributed by atoms with van der Waals surface area (Å²) in [4.78, 5) is 19.6. The molecule has 0 aliphatic carbocycles. The summed E-state index contributed by atoms with van der Waals surface area (Å²) in [6, 6.07) is 22.8. The van der Waals surface area contributed by atoms with Crippen molar-refractivity contribution in [3.8, 4) is 0 Å². The third-order valence-corrected chi connectivity index (χ3v) is 4.21. The van der Waals surface area contributed by atoms with Crippen molar-refractivity contribution in [3.63, 3.8) is 0 Å². The Morgan fingerprint density at radius 1 is 0.885 bits per heavy atom. The van der Waals surface area contributed by atoms with Crippen molar-refractivity contribution in [1.29, 1.82) is 0 Å². The number of anilines is 1. The fourth-order valence-electron chi connectivity index (χ4n) is 2.98. The number of nitrogens with one attached hydrogen (secondary N) is 2. The molecule has 26 heavy (non-hydrogen) atoms. The van der Waals surface area contributed by atoms with E-state index in [4.69, 9.17) is 0 Å². The number of hydrogen-bond acceptors (Lipinski definition) is 3. The first kappa shape index (κ1) is 16.0. The van der Waals surface area contributed by atoms with Gasteiger partial charge < -0.3 is 5.32 Å². The molecule has 4 nitrogen and oxygen atoms in total. The van der Waals surface area contributed by atoms with Crippen LogP contribution in [0.4, 0.5) is 10.3 Å². The molecule has 1 heterocycles. The molecular weight excluding hydrogens is 329 g/mol. The van der Waals surface area contributed by atoms with Crippen molar-refractivity contribution in [1.82, 2.24) is 9.97 Å². The lowest BCUT2D eigenvalue weighted by Crippen LogP contribution is -2.18. The van der Waals surface area contributed by atoms with Crippen molar-refractivity contribution in [2.75, 3.05) is 5.32 Å². The molecule has 0 saturated heterocycles. The number of rotatable bonds is 4. The average Bonchev–Trinajstić information content (AvgIpc) is 2.67. The summed E-state index contributed by atoms with van der Waals surface area (Å²) in [7, 11) is 0. The molecule has 4 aromatic rings. The van der Waals surface area contributed by atoms with Gasteiger partial charge >= 0.3 is 0 Å². The molecule has 5 heteroatoms. The Balaban J connectivity index is 1.79. The van der Waals surface area contributed by atoms with Gasteiger partial charge in [-0.1, -0.05) is 54.6 Å². The number of hydrogen-bond donors (Lipinski definition) is 2. The van der Waals surface area contributed by atoms with Crippen molar-refractivity contribution in [2.24, 2.45) is 0 Å². The first-order chi connectivity index (χ1) is 12.7. The minimum absolute atomic E-state index is 0.218. The minimum Gasteiger partial charge on any atom is -0.345 e. The van der Waals surface area contributed by atoms with Gasteiger partial charge in [0.25, 0.3) is 5.56 Å². The van der Waals surface area contributed by atoms with E-state index in [1.165, 1.54) is 12.1 Å². The molecule has 0 radical (unpaired) electrons. The van der Waals surface area contributed by atoms with Crippen molar-refractivity contribution < 1.29 is 4.39 Å². The van der Waals surface area contributed by atoms with Crippen LogP contribution in [0.2, 0.25) is 0 Å². The molecule has 1 atom stereocenters. The van der Waals surface area contributed by atoms with Gasteiger partial charge in [-0.05, 0) is 35.4 Å². The largest absolute Gasteiger partial charge is 0.345 e. The van der Waals surface area contributed by atoms with Crippen molar-refractivity contribution in [2.45, 2.75) is 6.04 Å². The van der Waals surface area contributed by atoms with Crippen LogP contribution in [0, 0.1) is 5.82 Å². The third kappa shape index (κ3) is 3.19. The summed E-state index contributed by atoms with van der Waals surface area (Å²) in [6.07, 6.45) is 0. The molecule has 1 aromatic heterocycles. The fraction of sp³-hybridized carbons (Fsp3) is 0.0476. The van der Waals surface area contributed by atoms with Gasteiger partial charge in [0, 0.05) is 0 Å². The Bertz CT molecular complexity index is 1110. The van der Waals surface area contributed by atoms with Crippen LogP contribution < -0.4 is 10.9 Å². The maximum atomic E-state index is 13.8. The highest BCUT2D eigenvalue weighted by Gasteiger charge is 2.16. The highest BCUT2D eigenvalue weighted by atomic mass is 19.1. The number of halogens is 1. The van der Waals surface area contributed by atoms with Gasteiger partial charge in [0.05, 0.1) is 16.9 Å². The summed E-state index contributed by atoms with van der Waals surface area (Å²) in [5.41, 5.74) is 2.06. The number of fused-ring (bicyclic) bond motifs is 1. The van der Waals surface area contributed by atoms with E-state index in [9.17, 15) is 9.18 Å². The monoisotopic (exact) mass is 345 g/mol. The van der Waals surface area contributed by atoms with E-state index in [2.05, 4.69) is 15.3 Å². The van der Waals surface area contributed by atoms with E-state index in [0.717, 1.165) is 11.1 Å². The van der Waals surface area contributed by atoms with Gasteiger partial charge in [-0.25, -0.2) is 9.37 Å². The Morgan fingerprint density at radius 2 is 1.62 bits per heavy atom. The topological polar surface area (TPSA) is 57.8 Å². The smallest absolute Gasteiger partial charge is 0.260 e. The van der Waals surface area contributed by atoms with E-state index < -0.39 is 0 Å². The van der Waals surface area contributed by atoms with Crippen LogP contribution >= 0.6 is 0 Å². The normalized spacial score (nSPS) is 12.0. The zero-order chi connectivity index (χ0) is 17.9. The van der Waals surface area contributed by atoms with E-state index in [-0.39, 0.29) is 17.4 Å². The number of para-hydroxylation sites is 1. The van der Waals surface area contributed by atoms with Crippen LogP contribution in [-0.2, 0) is 0 Å². The Hall–Kier alpha value is -3.47. The molecule has 1 unspecified atom stereocenters. The lowest BCUT2D eigenvalue weighted by molar-refractivity contribution is 0.624. The van der Waals surface area contributed by atoms with Crippen LogP contribution in [0.5, 0.6) is 0 Å². The zero-order valence-corrected chi connectivity index (χ0v) is 13.8. The Kier molecular flexibility index (Phi) is 4.19. The SMILES string of the molecule is O=c1[nH]c(NC(c2ccccc2)c2cccc(F)c2)nc2ccccc12. The summed E-state index contributed by atoms with van der Waals surface area (Å²) < 4.78 is 13.8. The van der Waals surface area contributed by atoms with E-state index in [1.807, 2.05) is 42.5 Å². The van der Waals surface area contributed by atoms with Gasteiger partial charge in [-0.3, -0.25) is 9.78 Å². The molecule has 4 rings (SSSR count). The molecule has 0 saturated carbocycles. The summed E-state index contributed by atoms with van der Waals surface area (Å²) in [6.45, 7) is 0. The van der Waals surface area contributed by atoms with Gasteiger partial charge in [0.2, 0.25) is 5.95 Å². The lowest BCUT2D eigenvalue weighted by Gasteiger charge is -2.20. The van der Waals surface area contributed by atoms with Crippen LogP contribution in [0.15, 0.2) is 83.7 Å². The predicted molar refractivity (Wildman–Crippen MR) is 101 cm³/mol. The summed E-state index contributed by atoms with van der Waals surface area (Å²) >= 11 is 0. The summed E-state index contributed by atoms with van der Waals surface area (Å²) in [5.74, 6) is 0.0250. The standard InChI is InChI=1S/C21H16FN3O/c22-16-10-6-9-15(13-16)19(14-7-2-1-3-8-14)24-21-23-18-12-5-4-11-17(18)20(26)25-21/h1-13,19H,(H2,23,24,25,26). The van der Waals surface area contributed by atoms with Gasteiger partial charge in [-0.15, -0.1) is 0 Å². The average molecular weight is 345 g/mol. The highest BCUT2D eigenvalue weighted by Crippen LogP contribution is 2.26. The molecule has 0 fully saturated rings. The second-order valence-corrected chi connectivity index (χ2v) is 5.97. The molecule has 0 aliphatic heterocycles.